The fraction of sp³-hybridized carbons (Fsp3) is 0.269. The van der Waals surface area contributed by atoms with Crippen LogP contribution in [0.3, 0.4) is 0 Å². The molecule has 0 spiro atoms. The zero-order valence-electron chi connectivity index (χ0n) is 19.5. The molecule has 0 aliphatic carbocycles. The van der Waals surface area contributed by atoms with E-state index in [0.29, 0.717) is 22.9 Å². The summed E-state index contributed by atoms with van der Waals surface area (Å²) >= 11 is 0. The third-order valence-corrected chi connectivity index (χ3v) is 7.90. The number of rotatable bonds is 8. The van der Waals surface area contributed by atoms with Gasteiger partial charge in [0.2, 0.25) is 7.29 Å². The van der Waals surface area contributed by atoms with Gasteiger partial charge in [0.15, 0.2) is 0 Å². The van der Waals surface area contributed by atoms with Crippen LogP contribution in [0.5, 0.6) is 0 Å². The van der Waals surface area contributed by atoms with Crippen LogP contribution in [0.15, 0.2) is 89.7 Å². The van der Waals surface area contributed by atoms with Crippen molar-refractivity contribution in [2.24, 2.45) is 4.76 Å². The second-order valence-electron chi connectivity index (χ2n) is 8.46. The molecular formula is C26H30N3O3P. The van der Waals surface area contributed by atoms with E-state index >= 15 is 0 Å². The maximum absolute atomic E-state index is 14.6. The summed E-state index contributed by atoms with van der Waals surface area (Å²) in [4.78, 5) is 12.8. The monoisotopic (exact) mass is 463 g/mol. The van der Waals surface area contributed by atoms with Crippen molar-refractivity contribution in [2.45, 2.75) is 46.2 Å². The van der Waals surface area contributed by atoms with Crippen molar-refractivity contribution in [3.8, 4) is 0 Å². The van der Waals surface area contributed by atoms with Crippen LogP contribution in [0.2, 0.25) is 0 Å². The van der Waals surface area contributed by atoms with Gasteiger partial charge in [0, 0.05) is 41.2 Å². The molecule has 0 aliphatic heterocycles. The summed E-state index contributed by atoms with van der Waals surface area (Å²) in [6.45, 7) is 8.34. The molecule has 0 aromatic heterocycles. The van der Waals surface area contributed by atoms with Crippen LogP contribution in [-0.2, 0) is 11.0 Å². The van der Waals surface area contributed by atoms with Crippen LogP contribution in [0.4, 0.5) is 5.69 Å². The van der Waals surface area contributed by atoms with Gasteiger partial charge in [-0.05, 0) is 57.5 Å². The molecule has 0 bridgehead atoms. The number of non-ortho nitro benzene ring substituents is 1. The number of amidine groups is 1. The number of nitro benzene ring substituents is 1. The van der Waals surface area contributed by atoms with Gasteiger partial charge in [-0.3, -0.25) is 14.7 Å². The molecule has 33 heavy (non-hydrogen) atoms. The molecule has 0 aliphatic rings. The molecule has 3 aromatic carbocycles. The van der Waals surface area contributed by atoms with Crippen LogP contribution in [0.1, 0.15) is 33.3 Å². The van der Waals surface area contributed by atoms with E-state index in [1.165, 1.54) is 12.1 Å². The van der Waals surface area contributed by atoms with Gasteiger partial charge in [0.05, 0.1) is 4.92 Å². The smallest absolute Gasteiger partial charge is 0.269 e. The van der Waals surface area contributed by atoms with Gasteiger partial charge in [-0.1, -0.05) is 48.5 Å². The first-order chi connectivity index (χ1) is 15.7. The van der Waals surface area contributed by atoms with Crippen LogP contribution in [-0.4, -0.2) is 27.7 Å². The van der Waals surface area contributed by atoms with Gasteiger partial charge in [0.1, 0.15) is 5.84 Å². The maximum atomic E-state index is 14.6. The van der Waals surface area contributed by atoms with E-state index < -0.39 is 12.2 Å². The van der Waals surface area contributed by atoms with Gasteiger partial charge in [-0.15, -0.1) is 0 Å². The molecule has 7 heteroatoms. The predicted octanol–water partition coefficient (Wildman–Crippen LogP) is 5.58. The molecule has 0 atom stereocenters. The van der Waals surface area contributed by atoms with Crippen molar-refractivity contribution in [3.63, 3.8) is 0 Å². The molecule has 172 valence electrons. The normalized spacial score (nSPS) is 12.2. The molecule has 0 radical (unpaired) electrons. The van der Waals surface area contributed by atoms with Gasteiger partial charge in [-0.2, -0.15) is 0 Å². The molecule has 0 saturated carbocycles. The first kappa shape index (κ1) is 24.4. The van der Waals surface area contributed by atoms with Crippen LogP contribution >= 0.6 is 7.29 Å². The molecule has 0 heterocycles. The van der Waals surface area contributed by atoms with Crippen LogP contribution in [0.25, 0.3) is 0 Å². The predicted molar refractivity (Wildman–Crippen MR) is 136 cm³/mol. The van der Waals surface area contributed by atoms with Gasteiger partial charge in [-0.25, -0.2) is 4.76 Å². The zero-order chi connectivity index (χ0) is 24.0. The minimum Gasteiger partial charge on any atom is -0.355 e. The Labute approximate surface area is 195 Å². The topological polar surface area (TPSA) is 75.8 Å². The maximum Gasteiger partial charge on any atom is 0.269 e. The van der Waals surface area contributed by atoms with Crippen molar-refractivity contribution in [2.75, 3.05) is 0 Å². The van der Waals surface area contributed by atoms with Gasteiger partial charge >= 0.3 is 0 Å². The highest BCUT2D eigenvalue weighted by Gasteiger charge is 2.30. The van der Waals surface area contributed by atoms with E-state index in [1.807, 2.05) is 60.7 Å². The van der Waals surface area contributed by atoms with Crippen LogP contribution in [0, 0.1) is 10.1 Å². The summed E-state index contributed by atoms with van der Waals surface area (Å²) in [5, 5.41) is 12.4. The number of nitrogens with zero attached hydrogens (tertiary/aromatic N) is 3. The Hall–Kier alpha value is -3.24. The highest BCUT2D eigenvalue weighted by atomic mass is 31.2. The van der Waals surface area contributed by atoms with Gasteiger partial charge < -0.3 is 4.90 Å². The first-order valence-corrected chi connectivity index (χ1v) is 12.7. The Balaban J connectivity index is 2.18. The Morgan fingerprint density at radius 2 is 1.30 bits per heavy atom. The van der Waals surface area contributed by atoms with E-state index in [-0.39, 0.29) is 17.8 Å². The summed E-state index contributed by atoms with van der Waals surface area (Å²) in [5.41, 5.74) is 0.916. The van der Waals surface area contributed by atoms with Crippen molar-refractivity contribution in [1.29, 1.82) is 0 Å². The fourth-order valence-electron chi connectivity index (χ4n) is 3.98. The Morgan fingerprint density at radius 3 is 1.70 bits per heavy atom. The molecule has 0 fully saturated rings. The standard InChI is InChI=1S/C26H30N3O3P/c1-20(2)28(21(3)4)26(19-22-15-17-23(18-16-22)29(30)31)27-33(32,24-11-7-5-8-12-24)25-13-9-6-10-14-25/h5-18,20-21H,19H2,1-4H3. The number of benzene rings is 3. The number of nitro groups is 1. The lowest BCUT2D eigenvalue weighted by molar-refractivity contribution is -0.384. The highest BCUT2D eigenvalue weighted by Crippen LogP contribution is 2.45. The number of hydrogen-bond acceptors (Lipinski definition) is 3. The SMILES string of the molecule is CC(C)N(C(Cc1ccc([N+](=O)[O-])cc1)=NP(=O)(c1ccccc1)c1ccccc1)C(C)C. The highest BCUT2D eigenvalue weighted by molar-refractivity contribution is 7.77. The Morgan fingerprint density at radius 1 is 0.848 bits per heavy atom. The van der Waals surface area contributed by atoms with Crippen molar-refractivity contribution >= 4 is 29.4 Å². The first-order valence-electron chi connectivity index (χ1n) is 11.0. The molecule has 0 amide bonds. The lowest BCUT2D eigenvalue weighted by Gasteiger charge is -2.35. The number of hydrogen-bond donors (Lipinski definition) is 0. The summed E-state index contributed by atoms with van der Waals surface area (Å²) in [6.07, 6.45) is 0.415. The van der Waals surface area contributed by atoms with E-state index in [0.717, 1.165) is 5.56 Å². The second-order valence-corrected chi connectivity index (χ2v) is 10.8. The lowest BCUT2D eigenvalue weighted by atomic mass is 10.1. The molecule has 6 nitrogen and oxygen atoms in total. The quantitative estimate of drug-likeness (QED) is 0.144. The third kappa shape index (κ3) is 5.77. The minimum atomic E-state index is -3.34. The summed E-state index contributed by atoms with van der Waals surface area (Å²) < 4.78 is 19.6. The molecule has 0 saturated heterocycles. The zero-order valence-corrected chi connectivity index (χ0v) is 20.4. The van der Waals surface area contributed by atoms with Gasteiger partial charge in [0.25, 0.3) is 5.69 Å². The Kier molecular flexibility index (Phi) is 7.83. The van der Waals surface area contributed by atoms with Crippen molar-refractivity contribution in [1.82, 2.24) is 4.90 Å². The summed E-state index contributed by atoms with van der Waals surface area (Å²) in [5.74, 6) is 0.699. The molecular weight excluding hydrogens is 433 g/mol. The van der Waals surface area contributed by atoms with E-state index in [9.17, 15) is 14.7 Å². The van der Waals surface area contributed by atoms with Crippen LogP contribution < -0.4 is 10.6 Å². The van der Waals surface area contributed by atoms with E-state index in [4.69, 9.17) is 4.76 Å². The third-order valence-electron chi connectivity index (χ3n) is 5.39. The summed E-state index contributed by atoms with van der Waals surface area (Å²) in [7, 11) is -3.34. The average Bonchev–Trinajstić information content (AvgIpc) is 2.80. The van der Waals surface area contributed by atoms with E-state index in [1.54, 1.807) is 12.1 Å². The molecule has 0 N–H and O–H groups in total. The second kappa shape index (κ2) is 10.6. The largest absolute Gasteiger partial charge is 0.355 e. The molecule has 0 unspecified atom stereocenters. The van der Waals surface area contributed by atoms with Crippen molar-refractivity contribution < 1.29 is 9.49 Å². The minimum absolute atomic E-state index is 0.0426. The van der Waals surface area contributed by atoms with E-state index in [2.05, 4.69) is 32.6 Å². The lowest BCUT2D eigenvalue weighted by Crippen LogP contribution is -2.43. The average molecular weight is 464 g/mol. The summed E-state index contributed by atoms with van der Waals surface area (Å²) in [6, 6.07) is 25.4. The Bertz CT molecular complexity index is 1090. The van der Waals surface area contributed by atoms with Crippen molar-refractivity contribution in [3.05, 3.63) is 101 Å². The molecule has 3 aromatic rings. The molecule has 3 rings (SSSR count). The fourth-order valence-corrected chi connectivity index (χ4v) is 6.16.